The molecule has 1 aromatic rings. The number of benzene rings is 1. The fourth-order valence-electron chi connectivity index (χ4n) is 2.50. The highest BCUT2D eigenvalue weighted by Gasteiger charge is 2.21. The zero-order chi connectivity index (χ0) is 15.3. The van der Waals surface area contributed by atoms with Gasteiger partial charge in [0.25, 0.3) is 0 Å². The van der Waals surface area contributed by atoms with Gasteiger partial charge in [-0.1, -0.05) is 19.1 Å². The van der Waals surface area contributed by atoms with Crippen LogP contribution in [0.15, 0.2) is 23.1 Å². The Morgan fingerprint density at radius 3 is 2.67 bits per heavy atom. The predicted molar refractivity (Wildman–Crippen MR) is 87.0 cm³/mol. The van der Waals surface area contributed by atoms with Crippen molar-refractivity contribution in [1.29, 1.82) is 0 Å². The maximum absolute atomic E-state index is 12.5. The number of thioether (sulfide) groups is 1. The molecular weight excluding hydrogens is 306 g/mol. The van der Waals surface area contributed by atoms with Gasteiger partial charge in [-0.05, 0) is 53.9 Å². The van der Waals surface area contributed by atoms with Gasteiger partial charge in [0.1, 0.15) is 0 Å². The molecule has 0 unspecified atom stereocenters. The van der Waals surface area contributed by atoms with Gasteiger partial charge in [0.15, 0.2) is 0 Å². The van der Waals surface area contributed by atoms with E-state index >= 15 is 0 Å². The van der Waals surface area contributed by atoms with Crippen LogP contribution in [0.3, 0.4) is 0 Å². The molecule has 1 aliphatic heterocycles. The van der Waals surface area contributed by atoms with Crippen molar-refractivity contribution >= 4 is 21.8 Å². The van der Waals surface area contributed by atoms with Gasteiger partial charge >= 0.3 is 0 Å². The molecule has 0 aliphatic carbocycles. The fraction of sp³-hybridized carbons (Fsp3) is 0.600. The van der Waals surface area contributed by atoms with Gasteiger partial charge < -0.3 is 5.11 Å². The quantitative estimate of drug-likeness (QED) is 0.839. The Kier molecular flexibility index (Phi) is 6.10. The van der Waals surface area contributed by atoms with Crippen molar-refractivity contribution in [2.75, 3.05) is 18.1 Å². The normalized spacial score (nSPS) is 17.0. The van der Waals surface area contributed by atoms with E-state index in [1.165, 1.54) is 0 Å². The van der Waals surface area contributed by atoms with E-state index in [-0.39, 0.29) is 6.61 Å². The van der Waals surface area contributed by atoms with Crippen molar-refractivity contribution in [1.82, 2.24) is 4.72 Å². The molecule has 6 heteroatoms. The Morgan fingerprint density at radius 1 is 1.33 bits per heavy atom. The zero-order valence-corrected chi connectivity index (χ0v) is 14.0. The Bertz CT molecular complexity index is 566. The maximum atomic E-state index is 12.5. The second-order valence-corrected chi connectivity index (χ2v) is 8.32. The molecule has 1 heterocycles. The molecule has 2 rings (SSSR count). The summed E-state index contributed by atoms with van der Waals surface area (Å²) in [5.41, 5.74) is 1.42. The lowest BCUT2D eigenvalue weighted by Gasteiger charge is -2.22. The molecule has 1 aliphatic rings. The monoisotopic (exact) mass is 329 g/mol. The number of hydrogen-bond donors (Lipinski definition) is 2. The van der Waals surface area contributed by atoms with Gasteiger partial charge in [0.05, 0.1) is 11.5 Å². The van der Waals surface area contributed by atoms with E-state index in [0.29, 0.717) is 29.3 Å². The molecule has 0 amide bonds. The first kappa shape index (κ1) is 16.8. The average molecular weight is 329 g/mol. The van der Waals surface area contributed by atoms with Gasteiger partial charge in [0.2, 0.25) is 10.0 Å². The molecule has 0 radical (unpaired) electrons. The number of aliphatic hydroxyl groups excluding tert-OH is 1. The largest absolute Gasteiger partial charge is 0.392 e. The molecule has 1 fully saturated rings. The molecule has 0 atom stereocenters. The highest BCUT2D eigenvalue weighted by atomic mass is 32.2. The van der Waals surface area contributed by atoms with E-state index in [4.69, 9.17) is 0 Å². The molecular formula is C15H23NO3S2. The lowest BCUT2D eigenvalue weighted by Crippen LogP contribution is -2.31. The summed E-state index contributed by atoms with van der Waals surface area (Å²) in [5.74, 6) is 2.67. The van der Waals surface area contributed by atoms with Crippen molar-refractivity contribution in [2.24, 2.45) is 5.92 Å². The molecule has 1 saturated heterocycles. The van der Waals surface area contributed by atoms with Crippen LogP contribution in [0.5, 0.6) is 0 Å². The first-order valence-electron chi connectivity index (χ1n) is 7.37. The first-order chi connectivity index (χ1) is 10.1. The van der Waals surface area contributed by atoms with Gasteiger partial charge in [0, 0.05) is 6.54 Å². The summed E-state index contributed by atoms with van der Waals surface area (Å²) in [4.78, 5) is 0.307. The molecule has 4 nitrogen and oxygen atoms in total. The van der Waals surface area contributed by atoms with E-state index in [2.05, 4.69) is 4.72 Å². The lowest BCUT2D eigenvalue weighted by atomic mass is 10.0. The van der Waals surface area contributed by atoms with E-state index in [0.717, 1.165) is 29.9 Å². The number of sulfonamides is 1. The summed E-state index contributed by atoms with van der Waals surface area (Å²) in [7, 11) is -3.50. The molecule has 118 valence electrons. The summed E-state index contributed by atoms with van der Waals surface area (Å²) >= 11 is 1.93. The van der Waals surface area contributed by atoms with Crippen LogP contribution in [-0.4, -0.2) is 31.6 Å². The van der Waals surface area contributed by atoms with Crippen LogP contribution in [0.4, 0.5) is 0 Å². The molecule has 0 bridgehead atoms. The van der Waals surface area contributed by atoms with E-state index in [1.54, 1.807) is 18.2 Å². The van der Waals surface area contributed by atoms with Crippen LogP contribution >= 0.6 is 11.8 Å². The average Bonchev–Trinajstić information content (AvgIpc) is 2.53. The van der Waals surface area contributed by atoms with Crippen LogP contribution in [0.2, 0.25) is 0 Å². The minimum absolute atomic E-state index is 0.146. The van der Waals surface area contributed by atoms with E-state index in [1.807, 2.05) is 18.7 Å². The zero-order valence-electron chi connectivity index (χ0n) is 12.3. The molecule has 0 spiro atoms. The highest BCUT2D eigenvalue weighted by Crippen LogP contribution is 2.23. The Labute approximate surface area is 131 Å². The topological polar surface area (TPSA) is 66.4 Å². The van der Waals surface area contributed by atoms with Crippen LogP contribution in [-0.2, 0) is 23.1 Å². The summed E-state index contributed by atoms with van der Waals surface area (Å²) in [6, 6.07) is 5.14. The summed E-state index contributed by atoms with van der Waals surface area (Å²) in [6.45, 7) is 2.30. The maximum Gasteiger partial charge on any atom is 0.240 e. The van der Waals surface area contributed by atoms with Crippen molar-refractivity contribution in [3.05, 3.63) is 29.3 Å². The number of aryl methyl sites for hydroxylation is 1. The van der Waals surface area contributed by atoms with Gasteiger partial charge in [-0.25, -0.2) is 13.1 Å². The highest BCUT2D eigenvalue weighted by molar-refractivity contribution is 7.99. The van der Waals surface area contributed by atoms with Crippen molar-refractivity contribution in [3.63, 3.8) is 0 Å². The minimum atomic E-state index is -3.50. The first-order valence-corrected chi connectivity index (χ1v) is 10.0. The third-order valence-electron chi connectivity index (χ3n) is 3.89. The van der Waals surface area contributed by atoms with Crippen LogP contribution in [0.1, 0.15) is 30.9 Å². The summed E-state index contributed by atoms with van der Waals surface area (Å²) in [6.07, 6.45) is 2.80. The molecule has 0 aromatic heterocycles. The van der Waals surface area contributed by atoms with Crippen LogP contribution in [0.25, 0.3) is 0 Å². The standard InChI is InChI=1S/C15H23NO3S2/c1-2-14-4-3-13(11-17)9-15(14)21(18,19)16-10-12-5-7-20-8-6-12/h3-4,9,12,16-17H,2,5-8,10-11H2,1H3. The lowest BCUT2D eigenvalue weighted by molar-refractivity contribution is 0.281. The number of nitrogens with one attached hydrogen (secondary N) is 1. The SMILES string of the molecule is CCc1ccc(CO)cc1S(=O)(=O)NCC1CCSCC1. The second kappa shape index (κ2) is 7.63. The third kappa shape index (κ3) is 4.45. The number of aliphatic hydroxyl groups is 1. The second-order valence-electron chi connectivity index (χ2n) is 5.36. The number of rotatable bonds is 6. The molecule has 0 saturated carbocycles. The molecule has 1 aromatic carbocycles. The summed E-state index contributed by atoms with van der Waals surface area (Å²) < 4.78 is 27.8. The summed E-state index contributed by atoms with van der Waals surface area (Å²) in [5, 5.41) is 9.21. The molecule has 21 heavy (non-hydrogen) atoms. The Balaban J connectivity index is 2.14. The van der Waals surface area contributed by atoms with Crippen molar-refractivity contribution in [3.8, 4) is 0 Å². The van der Waals surface area contributed by atoms with Gasteiger partial charge in [-0.15, -0.1) is 0 Å². The Morgan fingerprint density at radius 2 is 2.05 bits per heavy atom. The van der Waals surface area contributed by atoms with Crippen molar-refractivity contribution in [2.45, 2.75) is 37.7 Å². The van der Waals surface area contributed by atoms with E-state index < -0.39 is 10.0 Å². The molecule has 2 N–H and O–H groups in total. The number of hydrogen-bond acceptors (Lipinski definition) is 4. The van der Waals surface area contributed by atoms with Crippen molar-refractivity contribution < 1.29 is 13.5 Å². The fourth-order valence-corrected chi connectivity index (χ4v) is 5.17. The third-order valence-corrected chi connectivity index (χ3v) is 6.44. The van der Waals surface area contributed by atoms with E-state index in [9.17, 15) is 13.5 Å². The van der Waals surface area contributed by atoms with Gasteiger partial charge in [-0.2, -0.15) is 11.8 Å². The van der Waals surface area contributed by atoms with Gasteiger partial charge in [-0.3, -0.25) is 0 Å². The van der Waals surface area contributed by atoms with Crippen LogP contribution < -0.4 is 4.72 Å². The minimum Gasteiger partial charge on any atom is -0.392 e. The smallest absolute Gasteiger partial charge is 0.240 e. The Hall–Kier alpha value is -0.560. The predicted octanol–water partition coefficient (Wildman–Crippen LogP) is 2.16. The van der Waals surface area contributed by atoms with Crippen LogP contribution in [0, 0.1) is 5.92 Å².